The molecule has 0 spiro atoms. The number of nitrogens with one attached hydrogen (secondary N) is 2. The molecule has 1 saturated heterocycles. The molecule has 3 amide bonds. The van der Waals surface area contributed by atoms with Crippen LogP contribution < -0.4 is 20.5 Å². The van der Waals surface area contributed by atoms with Crippen LogP contribution in [0, 0.1) is 0 Å². The van der Waals surface area contributed by atoms with Gasteiger partial charge in [-0.3, -0.25) is 25.2 Å². The summed E-state index contributed by atoms with van der Waals surface area (Å²) in [5.41, 5.74) is 5.91. The van der Waals surface area contributed by atoms with Gasteiger partial charge in [0.1, 0.15) is 5.75 Å². The molecule has 0 aromatic heterocycles. The van der Waals surface area contributed by atoms with Gasteiger partial charge in [-0.2, -0.15) is 0 Å². The fourth-order valence-corrected chi connectivity index (χ4v) is 3.20. The van der Waals surface area contributed by atoms with Crippen molar-refractivity contribution in [1.82, 2.24) is 10.9 Å². The lowest BCUT2D eigenvalue weighted by atomic mass is 10.1. The standard InChI is InChI=1S/C21H22ClN3O4/c1-13(2)29-16-8-5-14(6-9-16)20(27)23-24-21(28)15-7-10-17(22)18(12-15)25-11-3-4-19(25)26/h5-10,12-13H,3-4,11H2,1-2H3,(H,23,27)(H,24,28). The van der Waals surface area contributed by atoms with Crippen molar-refractivity contribution in [3.8, 4) is 5.75 Å². The SMILES string of the molecule is CC(C)Oc1ccc(C(=O)NNC(=O)c2ccc(Cl)c(N3CCCC3=O)c2)cc1. The number of hydrazine groups is 1. The van der Waals surface area contributed by atoms with Crippen LogP contribution in [0.1, 0.15) is 47.4 Å². The van der Waals surface area contributed by atoms with Crippen molar-refractivity contribution in [1.29, 1.82) is 0 Å². The number of carbonyl (C=O) groups is 3. The van der Waals surface area contributed by atoms with Crippen LogP contribution in [0.25, 0.3) is 0 Å². The highest BCUT2D eigenvalue weighted by Crippen LogP contribution is 2.30. The lowest BCUT2D eigenvalue weighted by Gasteiger charge is -2.18. The zero-order valence-electron chi connectivity index (χ0n) is 16.2. The van der Waals surface area contributed by atoms with Gasteiger partial charge in [0.05, 0.1) is 16.8 Å². The molecule has 2 aromatic carbocycles. The van der Waals surface area contributed by atoms with Crippen LogP contribution in [0.15, 0.2) is 42.5 Å². The molecule has 29 heavy (non-hydrogen) atoms. The Labute approximate surface area is 173 Å². The van der Waals surface area contributed by atoms with Crippen molar-refractivity contribution in [3.63, 3.8) is 0 Å². The molecule has 1 aliphatic rings. The van der Waals surface area contributed by atoms with Crippen LogP contribution in [0.3, 0.4) is 0 Å². The van der Waals surface area contributed by atoms with Crippen molar-refractivity contribution >= 4 is 35.0 Å². The van der Waals surface area contributed by atoms with E-state index in [0.717, 1.165) is 6.42 Å². The van der Waals surface area contributed by atoms with Crippen molar-refractivity contribution in [2.45, 2.75) is 32.8 Å². The van der Waals surface area contributed by atoms with E-state index in [4.69, 9.17) is 16.3 Å². The van der Waals surface area contributed by atoms with Gasteiger partial charge in [-0.1, -0.05) is 11.6 Å². The van der Waals surface area contributed by atoms with Crippen molar-refractivity contribution in [2.75, 3.05) is 11.4 Å². The molecule has 7 nitrogen and oxygen atoms in total. The Morgan fingerprint density at radius 2 is 1.66 bits per heavy atom. The quantitative estimate of drug-likeness (QED) is 0.733. The number of rotatable bonds is 5. The fourth-order valence-electron chi connectivity index (χ4n) is 2.98. The minimum atomic E-state index is -0.511. The molecule has 0 aliphatic carbocycles. The van der Waals surface area contributed by atoms with E-state index in [2.05, 4.69) is 10.9 Å². The maximum absolute atomic E-state index is 12.4. The average molecular weight is 416 g/mol. The number of ether oxygens (including phenoxy) is 1. The smallest absolute Gasteiger partial charge is 0.269 e. The summed E-state index contributed by atoms with van der Waals surface area (Å²) in [5.74, 6) is -0.338. The van der Waals surface area contributed by atoms with E-state index in [0.29, 0.717) is 35.0 Å². The van der Waals surface area contributed by atoms with Gasteiger partial charge in [-0.15, -0.1) is 0 Å². The molecule has 1 aliphatic heterocycles. The van der Waals surface area contributed by atoms with Gasteiger partial charge >= 0.3 is 0 Å². The van der Waals surface area contributed by atoms with Crippen molar-refractivity contribution in [2.24, 2.45) is 0 Å². The summed E-state index contributed by atoms with van der Waals surface area (Å²) in [4.78, 5) is 38.2. The first kappa shape index (κ1) is 20.7. The molecule has 2 N–H and O–H groups in total. The van der Waals surface area contributed by atoms with Crippen LogP contribution in [-0.4, -0.2) is 30.4 Å². The second-order valence-corrected chi connectivity index (χ2v) is 7.32. The molecule has 0 atom stereocenters. The molecule has 8 heteroatoms. The van der Waals surface area contributed by atoms with Gasteiger partial charge in [0.25, 0.3) is 11.8 Å². The van der Waals surface area contributed by atoms with Gasteiger partial charge in [0, 0.05) is 24.1 Å². The molecule has 2 aromatic rings. The highest BCUT2D eigenvalue weighted by Gasteiger charge is 2.24. The fraction of sp³-hybridized carbons (Fsp3) is 0.286. The number of hydrogen-bond donors (Lipinski definition) is 2. The van der Waals surface area contributed by atoms with Gasteiger partial charge < -0.3 is 9.64 Å². The normalized spacial score (nSPS) is 13.5. The van der Waals surface area contributed by atoms with Gasteiger partial charge in [-0.05, 0) is 62.7 Å². The third-order valence-corrected chi connectivity index (χ3v) is 4.67. The van der Waals surface area contributed by atoms with E-state index in [9.17, 15) is 14.4 Å². The van der Waals surface area contributed by atoms with E-state index in [1.165, 1.54) is 6.07 Å². The van der Waals surface area contributed by atoms with Crippen LogP contribution in [0.5, 0.6) is 5.75 Å². The second-order valence-electron chi connectivity index (χ2n) is 6.91. The Balaban J connectivity index is 1.63. The minimum Gasteiger partial charge on any atom is -0.491 e. The van der Waals surface area contributed by atoms with E-state index < -0.39 is 11.8 Å². The third-order valence-electron chi connectivity index (χ3n) is 4.35. The predicted molar refractivity (Wildman–Crippen MR) is 110 cm³/mol. The molecule has 1 fully saturated rings. The first-order chi connectivity index (χ1) is 13.8. The van der Waals surface area contributed by atoms with Gasteiger partial charge in [0.2, 0.25) is 5.91 Å². The Morgan fingerprint density at radius 1 is 1.03 bits per heavy atom. The Kier molecular flexibility index (Phi) is 6.39. The molecule has 0 unspecified atom stereocenters. The molecule has 1 heterocycles. The van der Waals surface area contributed by atoms with E-state index in [1.54, 1.807) is 41.3 Å². The maximum atomic E-state index is 12.4. The van der Waals surface area contributed by atoms with Crippen LogP contribution in [0.2, 0.25) is 5.02 Å². The number of amides is 3. The van der Waals surface area contributed by atoms with Crippen LogP contribution in [-0.2, 0) is 4.79 Å². The number of benzene rings is 2. The Hall–Kier alpha value is -3.06. The molecule has 3 rings (SSSR count). The number of hydrogen-bond acceptors (Lipinski definition) is 4. The van der Waals surface area contributed by atoms with E-state index in [1.807, 2.05) is 13.8 Å². The minimum absolute atomic E-state index is 0.0253. The Bertz CT molecular complexity index is 928. The van der Waals surface area contributed by atoms with Gasteiger partial charge in [-0.25, -0.2) is 0 Å². The molecular formula is C21H22ClN3O4. The Morgan fingerprint density at radius 3 is 2.24 bits per heavy atom. The van der Waals surface area contributed by atoms with E-state index in [-0.39, 0.29) is 17.6 Å². The van der Waals surface area contributed by atoms with Crippen molar-refractivity contribution in [3.05, 3.63) is 58.6 Å². The number of carbonyl (C=O) groups excluding carboxylic acids is 3. The molecule has 152 valence electrons. The molecular weight excluding hydrogens is 394 g/mol. The first-order valence-electron chi connectivity index (χ1n) is 9.32. The number of halogens is 1. The highest BCUT2D eigenvalue weighted by molar-refractivity contribution is 6.34. The van der Waals surface area contributed by atoms with Crippen LogP contribution >= 0.6 is 11.6 Å². The van der Waals surface area contributed by atoms with Crippen molar-refractivity contribution < 1.29 is 19.1 Å². The average Bonchev–Trinajstić information content (AvgIpc) is 3.12. The zero-order valence-corrected chi connectivity index (χ0v) is 17.0. The highest BCUT2D eigenvalue weighted by atomic mass is 35.5. The zero-order chi connectivity index (χ0) is 21.0. The summed E-state index contributed by atoms with van der Waals surface area (Å²) < 4.78 is 5.54. The summed E-state index contributed by atoms with van der Waals surface area (Å²) in [6.07, 6.45) is 1.25. The monoisotopic (exact) mass is 415 g/mol. The van der Waals surface area contributed by atoms with E-state index >= 15 is 0 Å². The van der Waals surface area contributed by atoms with Gasteiger partial charge in [0.15, 0.2) is 0 Å². The topological polar surface area (TPSA) is 87.7 Å². The number of anilines is 1. The molecule has 0 radical (unpaired) electrons. The molecule has 0 bridgehead atoms. The lowest BCUT2D eigenvalue weighted by Crippen LogP contribution is -2.41. The van der Waals surface area contributed by atoms with Crippen LogP contribution in [0.4, 0.5) is 5.69 Å². The summed E-state index contributed by atoms with van der Waals surface area (Å²) in [5, 5.41) is 0.393. The second kappa shape index (κ2) is 8.96. The first-order valence-corrected chi connectivity index (χ1v) is 9.70. The lowest BCUT2D eigenvalue weighted by molar-refractivity contribution is -0.117. The summed E-state index contributed by atoms with van der Waals surface area (Å²) in [6, 6.07) is 11.2. The predicted octanol–water partition coefficient (Wildman–Crippen LogP) is 3.33. The summed E-state index contributed by atoms with van der Waals surface area (Å²) >= 11 is 6.19. The largest absolute Gasteiger partial charge is 0.491 e. The third kappa shape index (κ3) is 5.06. The maximum Gasteiger partial charge on any atom is 0.269 e. The molecule has 0 saturated carbocycles. The summed E-state index contributed by atoms with van der Waals surface area (Å²) in [6.45, 7) is 4.40. The summed E-state index contributed by atoms with van der Waals surface area (Å²) in [7, 11) is 0. The number of nitrogens with zero attached hydrogens (tertiary/aromatic N) is 1.